The molecule has 4 nitrogen and oxygen atoms in total. The van der Waals surface area contributed by atoms with Crippen LogP contribution in [0.1, 0.15) is 15.9 Å². The van der Waals surface area contributed by atoms with Crippen molar-refractivity contribution in [1.29, 1.82) is 0 Å². The Balaban J connectivity index is 1.58. The molecule has 27 heavy (non-hydrogen) atoms. The zero-order valence-electron chi connectivity index (χ0n) is 14.2. The molecule has 0 saturated heterocycles. The predicted molar refractivity (Wildman–Crippen MR) is 104 cm³/mol. The van der Waals surface area contributed by atoms with Gasteiger partial charge >= 0.3 is 0 Å². The first kappa shape index (κ1) is 17.2. The molecule has 0 radical (unpaired) electrons. The van der Waals surface area contributed by atoms with Gasteiger partial charge in [0.15, 0.2) is 0 Å². The normalized spacial score (nSPS) is 10.9. The van der Waals surface area contributed by atoms with Crippen LogP contribution in [0.2, 0.25) is 5.02 Å². The fraction of sp³-hybridized carbons (Fsp3) is 0.0476. The minimum Gasteiger partial charge on any atom is -0.348 e. The van der Waals surface area contributed by atoms with Crippen molar-refractivity contribution in [3.05, 3.63) is 89.0 Å². The number of benzene rings is 2. The average Bonchev–Trinajstić information content (AvgIpc) is 3.12. The minimum absolute atomic E-state index is 0.0194. The zero-order chi connectivity index (χ0) is 18.8. The maximum atomic E-state index is 13.9. The summed E-state index contributed by atoms with van der Waals surface area (Å²) >= 11 is 6.01. The van der Waals surface area contributed by atoms with Crippen molar-refractivity contribution < 1.29 is 9.18 Å². The lowest BCUT2D eigenvalue weighted by atomic mass is 10.0. The molecule has 6 heteroatoms. The van der Waals surface area contributed by atoms with Gasteiger partial charge in [0.2, 0.25) is 0 Å². The molecule has 0 aliphatic heterocycles. The number of aromatic amines is 1. The summed E-state index contributed by atoms with van der Waals surface area (Å²) in [4.78, 5) is 19.9. The monoisotopic (exact) mass is 379 g/mol. The number of aromatic nitrogens is 2. The van der Waals surface area contributed by atoms with Crippen molar-refractivity contribution in [2.24, 2.45) is 0 Å². The second-order valence-electron chi connectivity index (χ2n) is 6.07. The van der Waals surface area contributed by atoms with Gasteiger partial charge < -0.3 is 10.3 Å². The molecule has 134 valence electrons. The number of nitrogens with zero attached hydrogens (tertiary/aromatic N) is 1. The highest BCUT2D eigenvalue weighted by Gasteiger charge is 2.12. The van der Waals surface area contributed by atoms with E-state index in [9.17, 15) is 9.18 Å². The van der Waals surface area contributed by atoms with Crippen molar-refractivity contribution in [2.75, 3.05) is 0 Å². The van der Waals surface area contributed by atoms with Gasteiger partial charge in [0.1, 0.15) is 11.5 Å². The van der Waals surface area contributed by atoms with E-state index in [0.717, 1.165) is 22.2 Å². The Labute approximate surface area is 160 Å². The Hall–Kier alpha value is -3.18. The van der Waals surface area contributed by atoms with Gasteiger partial charge in [-0.1, -0.05) is 29.8 Å². The first-order chi connectivity index (χ1) is 13.1. The first-order valence-corrected chi connectivity index (χ1v) is 8.75. The number of hydrogen-bond donors (Lipinski definition) is 2. The Kier molecular flexibility index (Phi) is 4.60. The van der Waals surface area contributed by atoms with Crippen LogP contribution >= 0.6 is 11.6 Å². The lowest BCUT2D eigenvalue weighted by molar-refractivity contribution is 0.0950. The van der Waals surface area contributed by atoms with Gasteiger partial charge in [0, 0.05) is 46.0 Å². The summed E-state index contributed by atoms with van der Waals surface area (Å²) in [5.41, 5.74) is 3.40. The number of amides is 1. The number of H-pyrrole nitrogens is 1. The highest BCUT2D eigenvalue weighted by molar-refractivity contribution is 6.31. The van der Waals surface area contributed by atoms with Gasteiger partial charge in [-0.25, -0.2) is 9.37 Å². The van der Waals surface area contributed by atoms with Crippen LogP contribution < -0.4 is 5.32 Å². The van der Waals surface area contributed by atoms with Crippen molar-refractivity contribution in [3.8, 4) is 11.1 Å². The second kappa shape index (κ2) is 7.21. The topological polar surface area (TPSA) is 57.8 Å². The highest BCUT2D eigenvalue weighted by atomic mass is 35.5. The van der Waals surface area contributed by atoms with Gasteiger partial charge in [-0.15, -0.1) is 0 Å². The van der Waals surface area contributed by atoms with E-state index in [-0.39, 0.29) is 23.0 Å². The van der Waals surface area contributed by atoms with Gasteiger partial charge in [-0.05, 0) is 42.0 Å². The quantitative estimate of drug-likeness (QED) is 0.527. The number of nitrogens with one attached hydrogen (secondary N) is 2. The molecule has 0 aliphatic carbocycles. The van der Waals surface area contributed by atoms with Crippen LogP contribution in [-0.4, -0.2) is 15.9 Å². The SMILES string of the molecule is O=C(NCc1c(F)cccc1Cl)c1cccc(-c2c[nH]c3ncccc23)c1. The van der Waals surface area contributed by atoms with Gasteiger partial charge in [-0.2, -0.15) is 0 Å². The summed E-state index contributed by atoms with van der Waals surface area (Å²) in [6.45, 7) is 0.0194. The molecule has 0 aliphatic rings. The molecule has 0 fully saturated rings. The molecule has 0 saturated carbocycles. The Morgan fingerprint density at radius 3 is 2.85 bits per heavy atom. The Bertz CT molecular complexity index is 1120. The zero-order valence-corrected chi connectivity index (χ0v) is 14.9. The highest BCUT2D eigenvalue weighted by Crippen LogP contribution is 2.28. The molecular weight excluding hydrogens is 365 g/mol. The summed E-state index contributed by atoms with van der Waals surface area (Å²) in [6.07, 6.45) is 3.59. The third-order valence-electron chi connectivity index (χ3n) is 4.37. The molecule has 0 bridgehead atoms. The van der Waals surface area contributed by atoms with E-state index in [1.807, 2.05) is 30.5 Å². The van der Waals surface area contributed by atoms with Crippen LogP contribution in [0.25, 0.3) is 22.2 Å². The van der Waals surface area contributed by atoms with E-state index in [1.54, 1.807) is 24.4 Å². The standard InChI is InChI=1S/C21H15ClFN3O/c22-18-7-2-8-19(23)17(18)12-26-21(27)14-5-1-4-13(10-14)16-11-25-20-15(16)6-3-9-24-20/h1-11H,12H2,(H,24,25)(H,26,27). The Morgan fingerprint density at radius 1 is 1.15 bits per heavy atom. The van der Waals surface area contributed by atoms with Crippen molar-refractivity contribution in [1.82, 2.24) is 15.3 Å². The molecule has 4 rings (SSSR count). The first-order valence-electron chi connectivity index (χ1n) is 8.37. The number of fused-ring (bicyclic) bond motifs is 1. The second-order valence-corrected chi connectivity index (χ2v) is 6.47. The van der Waals surface area contributed by atoms with Gasteiger partial charge in [0.25, 0.3) is 5.91 Å². The van der Waals surface area contributed by atoms with Gasteiger partial charge in [-0.3, -0.25) is 4.79 Å². The molecule has 4 aromatic rings. The van der Waals surface area contributed by atoms with Crippen LogP contribution in [0.5, 0.6) is 0 Å². The molecule has 2 heterocycles. The van der Waals surface area contributed by atoms with E-state index >= 15 is 0 Å². The molecule has 2 aromatic carbocycles. The van der Waals surface area contributed by atoms with E-state index in [0.29, 0.717) is 5.56 Å². The number of halogens is 2. The fourth-order valence-corrected chi connectivity index (χ4v) is 3.22. The number of pyridine rings is 1. The van der Waals surface area contributed by atoms with Crippen LogP contribution in [-0.2, 0) is 6.54 Å². The van der Waals surface area contributed by atoms with Crippen molar-refractivity contribution >= 4 is 28.5 Å². The summed E-state index contributed by atoms with van der Waals surface area (Å²) in [7, 11) is 0. The van der Waals surface area contributed by atoms with Crippen molar-refractivity contribution in [3.63, 3.8) is 0 Å². The predicted octanol–water partition coefficient (Wildman–Crippen LogP) is 4.95. The largest absolute Gasteiger partial charge is 0.348 e. The van der Waals surface area contributed by atoms with Gasteiger partial charge in [0.05, 0.1) is 0 Å². The third-order valence-corrected chi connectivity index (χ3v) is 4.73. The minimum atomic E-state index is -0.442. The summed E-state index contributed by atoms with van der Waals surface area (Å²) in [5.74, 6) is -0.739. The molecule has 0 unspecified atom stereocenters. The number of carbonyl (C=O) groups is 1. The molecule has 0 atom stereocenters. The maximum absolute atomic E-state index is 13.9. The molecule has 0 spiro atoms. The fourth-order valence-electron chi connectivity index (χ4n) is 2.99. The molecule has 2 aromatic heterocycles. The third kappa shape index (κ3) is 3.41. The maximum Gasteiger partial charge on any atom is 0.251 e. The smallest absolute Gasteiger partial charge is 0.251 e. The molecular formula is C21H15ClFN3O. The lowest BCUT2D eigenvalue weighted by Crippen LogP contribution is -2.23. The summed E-state index contributed by atoms with van der Waals surface area (Å²) in [5, 5.41) is 3.99. The van der Waals surface area contributed by atoms with E-state index < -0.39 is 5.82 Å². The van der Waals surface area contributed by atoms with Crippen LogP contribution in [0, 0.1) is 5.82 Å². The molecule has 2 N–H and O–H groups in total. The van der Waals surface area contributed by atoms with Crippen LogP contribution in [0.3, 0.4) is 0 Å². The van der Waals surface area contributed by atoms with Crippen LogP contribution in [0.15, 0.2) is 67.0 Å². The number of hydrogen-bond acceptors (Lipinski definition) is 2. The lowest BCUT2D eigenvalue weighted by Gasteiger charge is -2.09. The van der Waals surface area contributed by atoms with E-state index in [1.165, 1.54) is 12.1 Å². The average molecular weight is 380 g/mol. The number of rotatable bonds is 4. The van der Waals surface area contributed by atoms with Crippen LogP contribution in [0.4, 0.5) is 4.39 Å². The summed E-state index contributed by atoms with van der Waals surface area (Å²) in [6, 6.07) is 15.5. The van der Waals surface area contributed by atoms with Crippen molar-refractivity contribution in [2.45, 2.75) is 6.54 Å². The molecule has 1 amide bonds. The number of carbonyl (C=O) groups excluding carboxylic acids is 1. The van der Waals surface area contributed by atoms with E-state index in [4.69, 9.17) is 11.6 Å². The van der Waals surface area contributed by atoms with E-state index in [2.05, 4.69) is 15.3 Å². The summed E-state index contributed by atoms with van der Waals surface area (Å²) < 4.78 is 13.9. The Morgan fingerprint density at radius 2 is 2.00 bits per heavy atom.